The second-order valence-electron chi connectivity index (χ2n) is 2.59. The van der Waals surface area contributed by atoms with Gasteiger partial charge < -0.3 is 0 Å². The van der Waals surface area contributed by atoms with E-state index in [1.54, 1.807) is 17.4 Å². The molecule has 60 valence electrons. The van der Waals surface area contributed by atoms with Crippen LogP contribution in [0, 0.1) is 6.92 Å². The quantitative estimate of drug-likeness (QED) is 0.632. The third kappa shape index (κ3) is 2.51. The lowest BCUT2D eigenvalue weighted by Gasteiger charge is -2.10. The van der Waals surface area contributed by atoms with E-state index in [1.165, 1.54) is 0 Å². The van der Waals surface area contributed by atoms with Crippen LogP contribution in [0.4, 0.5) is 5.95 Å². The Kier molecular flexibility index (Phi) is 2.38. The average Bonchev–Trinajstić information content (AvgIpc) is 1.93. The van der Waals surface area contributed by atoms with Crippen molar-refractivity contribution < 1.29 is 0 Å². The fourth-order valence-corrected chi connectivity index (χ4v) is 0.650. The van der Waals surface area contributed by atoms with Crippen molar-refractivity contribution in [1.82, 2.24) is 15.0 Å². The van der Waals surface area contributed by atoms with Gasteiger partial charge in [0.25, 0.3) is 0 Å². The molecule has 4 heteroatoms. The highest BCUT2D eigenvalue weighted by Gasteiger charge is 1.93. The standard InChI is InChI=1S/C7H12N4/c1-6-4-8-7(9-5-6)10-11(2)3/h4-5H,1-3H3,(H,8,9,10). The molecule has 11 heavy (non-hydrogen) atoms. The smallest absolute Gasteiger partial charge is 0.237 e. The SMILES string of the molecule is Cc1cnc(NN(C)C)nc1. The zero-order chi connectivity index (χ0) is 8.27. The molecule has 0 spiro atoms. The van der Waals surface area contributed by atoms with E-state index in [2.05, 4.69) is 15.4 Å². The van der Waals surface area contributed by atoms with E-state index in [9.17, 15) is 0 Å². The zero-order valence-corrected chi connectivity index (χ0v) is 7.00. The lowest BCUT2D eigenvalue weighted by atomic mass is 10.4. The third-order valence-corrected chi connectivity index (χ3v) is 1.10. The molecule has 0 amide bonds. The molecule has 1 rings (SSSR count). The Morgan fingerprint density at radius 2 is 1.82 bits per heavy atom. The Morgan fingerprint density at radius 1 is 1.27 bits per heavy atom. The van der Waals surface area contributed by atoms with Gasteiger partial charge in [-0.15, -0.1) is 0 Å². The molecule has 0 aliphatic heterocycles. The summed E-state index contributed by atoms with van der Waals surface area (Å²) in [4.78, 5) is 8.11. The molecule has 1 aromatic heterocycles. The van der Waals surface area contributed by atoms with Crippen LogP contribution in [-0.2, 0) is 0 Å². The molecule has 0 aliphatic carbocycles. The van der Waals surface area contributed by atoms with Crippen molar-refractivity contribution in [2.75, 3.05) is 19.5 Å². The summed E-state index contributed by atoms with van der Waals surface area (Å²) in [6.45, 7) is 1.96. The van der Waals surface area contributed by atoms with Gasteiger partial charge in [0, 0.05) is 26.5 Å². The van der Waals surface area contributed by atoms with E-state index in [-0.39, 0.29) is 0 Å². The lowest BCUT2D eigenvalue weighted by Crippen LogP contribution is -2.21. The van der Waals surface area contributed by atoms with Gasteiger partial charge >= 0.3 is 0 Å². The highest BCUT2D eigenvalue weighted by Crippen LogP contribution is 1.97. The predicted octanol–water partition coefficient (Wildman–Crippen LogP) is 0.674. The molecule has 1 N–H and O–H groups in total. The van der Waals surface area contributed by atoms with Gasteiger partial charge in [0.1, 0.15) is 0 Å². The number of aryl methyl sites for hydroxylation is 1. The van der Waals surface area contributed by atoms with Gasteiger partial charge in [-0.3, -0.25) is 5.43 Å². The van der Waals surface area contributed by atoms with E-state index < -0.39 is 0 Å². The maximum Gasteiger partial charge on any atom is 0.237 e. The molecule has 0 bridgehead atoms. The summed E-state index contributed by atoms with van der Waals surface area (Å²) in [5, 5.41) is 1.80. The topological polar surface area (TPSA) is 41.1 Å². The van der Waals surface area contributed by atoms with Crippen LogP contribution in [0.2, 0.25) is 0 Å². The molecule has 0 saturated heterocycles. The summed E-state index contributed by atoms with van der Waals surface area (Å²) in [7, 11) is 3.78. The summed E-state index contributed by atoms with van der Waals surface area (Å²) in [6, 6.07) is 0. The highest BCUT2D eigenvalue weighted by molar-refractivity contribution is 5.22. The number of aromatic nitrogens is 2. The number of hydrazine groups is 1. The number of hydrogen-bond acceptors (Lipinski definition) is 4. The Hall–Kier alpha value is -1.16. The number of nitrogens with zero attached hydrogens (tertiary/aromatic N) is 3. The first-order valence-electron chi connectivity index (χ1n) is 3.41. The maximum absolute atomic E-state index is 4.05. The molecule has 1 heterocycles. The number of anilines is 1. The monoisotopic (exact) mass is 152 g/mol. The van der Waals surface area contributed by atoms with Crippen LogP contribution >= 0.6 is 0 Å². The highest BCUT2D eigenvalue weighted by atomic mass is 15.5. The minimum absolute atomic E-state index is 0.626. The molecule has 1 aromatic rings. The number of hydrogen-bond donors (Lipinski definition) is 1. The zero-order valence-electron chi connectivity index (χ0n) is 7.00. The van der Waals surface area contributed by atoms with Gasteiger partial charge in [-0.1, -0.05) is 0 Å². The van der Waals surface area contributed by atoms with E-state index >= 15 is 0 Å². The van der Waals surface area contributed by atoms with Crippen molar-refractivity contribution in [3.05, 3.63) is 18.0 Å². The normalized spacial score (nSPS) is 10.2. The van der Waals surface area contributed by atoms with Crippen LogP contribution in [-0.4, -0.2) is 29.1 Å². The first kappa shape index (κ1) is 7.94. The van der Waals surface area contributed by atoms with Crippen molar-refractivity contribution in [2.24, 2.45) is 0 Å². The Balaban J connectivity index is 2.66. The molecule has 4 nitrogen and oxygen atoms in total. The minimum Gasteiger partial charge on any atom is -0.287 e. The molecule has 0 atom stereocenters. The van der Waals surface area contributed by atoms with Crippen molar-refractivity contribution in [3.63, 3.8) is 0 Å². The first-order chi connectivity index (χ1) is 5.18. The second-order valence-corrected chi connectivity index (χ2v) is 2.59. The fraction of sp³-hybridized carbons (Fsp3) is 0.429. The van der Waals surface area contributed by atoms with Crippen molar-refractivity contribution in [1.29, 1.82) is 0 Å². The van der Waals surface area contributed by atoms with Crippen LogP contribution in [0.5, 0.6) is 0 Å². The first-order valence-corrected chi connectivity index (χ1v) is 3.41. The molecule has 0 aliphatic rings. The number of nitrogens with one attached hydrogen (secondary N) is 1. The summed E-state index contributed by atoms with van der Waals surface area (Å²) in [5.41, 5.74) is 4.01. The van der Waals surface area contributed by atoms with Crippen molar-refractivity contribution in [3.8, 4) is 0 Å². The van der Waals surface area contributed by atoms with E-state index in [0.29, 0.717) is 5.95 Å². The van der Waals surface area contributed by atoms with Crippen LogP contribution < -0.4 is 5.43 Å². The summed E-state index contributed by atoms with van der Waals surface area (Å²) < 4.78 is 0. The van der Waals surface area contributed by atoms with Crippen LogP contribution in [0.25, 0.3) is 0 Å². The van der Waals surface area contributed by atoms with Gasteiger partial charge in [-0.05, 0) is 12.5 Å². The van der Waals surface area contributed by atoms with Crippen molar-refractivity contribution >= 4 is 5.95 Å². The number of rotatable bonds is 2. The van der Waals surface area contributed by atoms with Crippen LogP contribution in [0.15, 0.2) is 12.4 Å². The van der Waals surface area contributed by atoms with Crippen LogP contribution in [0.3, 0.4) is 0 Å². The molecular weight excluding hydrogens is 140 g/mol. The molecule has 0 fully saturated rings. The summed E-state index contributed by atoms with van der Waals surface area (Å²) in [5.74, 6) is 0.626. The van der Waals surface area contributed by atoms with E-state index in [4.69, 9.17) is 0 Å². The van der Waals surface area contributed by atoms with Gasteiger partial charge in [-0.2, -0.15) is 0 Å². The van der Waals surface area contributed by atoms with Crippen LogP contribution in [0.1, 0.15) is 5.56 Å². The van der Waals surface area contributed by atoms with E-state index in [0.717, 1.165) is 5.56 Å². The summed E-state index contributed by atoms with van der Waals surface area (Å²) in [6.07, 6.45) is 3.55. The van der Waals surface area contributed by atoms with Gasteiger partial charge in [0.2, 0.25) is 5.95 Å². The predicted molar refractivity (Wildman–Crippen MR) is 44.1 cm³/mol. The van der Waals surface area contributed by atoms with Gasteiger partial charge in [0.05, 0.1) is 0 Å². The molecule has 0 saturated carbocycles. The largest absolute Gasteiger partial charge is 0.287 e. The average molecular weight is 152 g/mol. The lowest BCUT2D eigenvalue weighted by molar-refractivity contribution is 0.488. The third-order valence-electron chi connectivity index (χ3n) is 1.10. The molecular formula is C7H12N4. The minimum atomic E-state index is 0.626. The second kappa shape index (κ2) is 3.30. The maximum atomic E-state index is 4.05. The van der Waals surface area contributed by atoms with Gasteiger partial charge in [0.15, 0.2) is 0 Å². The van der Waals surface area contributed by atoms with E-state index in [1.807, 2.05) is 21.0 Å². The van der Waals surface area contributed by atoms with Crippen molar-refractivity contribution in [2.45, 2.75) is 6.92 Å². The summed E-state index contributed by atoms with van der Waals surface area (Å²) >= 11 is 0. The Morgan fingerprint density at radius 3 is 2.27 bits per heavy atom. The Bertz CT molecular complexity index is 216. The fourth-order valence-electron chi connectivity index (χ4n) is 0.650. The Labute approximate surface area is 66.2 Å². The molecule has 0 unspecified atom stereocenters. The van der Waals surface area contributed by atoms with Gasteiger partial charge in [-0.25, -0.2) is 15.0 Å². The molecule has 0 aromatic carbocycles. The molecule has 0 radical (unpaired) electrons.